The zero-order valence-electron chi connectivity index (χ0n) is 27.7. The molecule has 4 nitrogen and oxygen atoms in total. The first kappa shape index (κ1) is 40.6. The summed E-state index contributed by atoms with van der Waals surface area (Å²) >= 11 is 0. The first-order chi connectivity index (χ1) is 21.6. The third-order valence-electron chi connectivity index (χ3n) is 6.49. The Morgan fingerprint density at radius 2 is 0.932 bits per heavy atom. The van der Waals surface area contributed by atoms with Crippen molar-refractivity contribution in [3.05, 3.63) is 109 Å². The minimum Gasteiger partial charge on any atom is -0.481 e. The first-order valence-electron chi connectivity index (χ1n) is 16.9. The van der Waals surface area contributed by atoms with E-state index in [-0.39, 0.29) is 18.5 Å². The fourth-order valence-electron chi connectivity index (χ4n) is 4.08. The molecule has 0 aliphatic rings. The normalized spacial score (nSPS) is 13.7. The molecule has 0 amide bonds. The number of hydrogen-bond donors (Lipinski definition) is 1. The van der Waals surface area contributed by atoms with E-state index in [1.54, 1.807) is 0 Å². The minimum absolute atomic E-state index is 0.176. The molecule has 0 spiro atoms. The van der Waals surface area contributed by atoms with Crippen LogP contribution in [0.1, 0.15) is 123 Å². The molecule has 0 saturated heterocycles. The van der Waals surface area contributed by atoms with Gasteiger partial charge in [0.25, 0.3) is 0 Å². The van der Waals surface area contributed by atoms with Crippen LogP contribution in [-0.2, 0) is 14.3 Å². The second kappa shape index (κ2) is 34.1. The van der Waals surface area contributed by atoms with Gasteiger partial charge >= 0.3 is 11.9 Å². The van der Waals surface area contributed by atoms with E-state index in [1.807, 2.05) is 12.2 Å². The van der Waals surface area contributed by atoms with Gasteiger partial charge in [0.1, 0.15) is 6.10 Å². The molecule has 0 fully saturated rings. The van der Waals surface area contributed by atoms with Gasteiger partial charge in [0.15, 0.2) is 0 Å². The molecule has 0 rings (SSSR count). The highest BCUT2D eigenvalue weighted by molar-refractivity contribution is 5.69. The molecule has 44 heavy (non-hydrogen) atoms. The SMILES string of the molecule is CC/C=C\C/C=C\C/C=C\C/C=C\C/C=C\C/C=C\CCC(=O)OC(/C=C\C/C=C\C/C=C\CC)CCCCCCC(=O)O. The van der Waals surface area contributed by atoms with Crippen molar-refractivity contribution in [3.8, 4) is 0 Å². The van der Waals surface area contributed by atoms with Crippen molar-refractivity contribution >= 4 is 11.9 Å². The van der Waals surface area contributed by atoms with Crippen molar-refractivity contribution in [2.45, 2.75) is 129 Å². The number of carboxylic acids is 1. The van der Waals surface area contributed by atoms with E-state index in [0.717, 1.165) is 83.5 Å². The molecule has 244 valence electrons. The molecule has 0 aliphatic heterocycles. The number of aliphatic carboxylic acids is 1. The van der Waals surface area contributed by atoms with E-state index in [0.29, 0.717) is 19.3 Å². The van der Waals surface area contributed by atoms with Crippen LogP contribution in [0.4, 0.5) is 0 Å². The van der Waals surface area contributed by atoms with Crippen LogP contribution in [0.2, 0.25) is 0 Å². The highest BCUT2D eigenvalue weighted by Gasteiger charge is 2.11. The number of unbranched alkanes of at least 4 members (excludes halogenated alkanes) is 3. The van der Waals surface area contributed by atoms with Crippen molar-refractivity contribution in [1.82, 2.24) is 0 Å². The second-order valence-corrected chi connectivity index (χ2v) is 10.6. The number of rotatable bonds is 28. The molecule has 0 aromatic rings. The molecule has 4 heteroatoms. The molecular weight excluding hydrogens is 544 g/mol. The van der Waals surface area contributed by atoms with E-state index in [4.69, 9.17) is 9.84 Å². The molecule has 0 aromatic carbocycles. The number of allylic oxidation sites excluding steroid dienone is 17. The van der Waals surface area contributed by atoms with Crippen LogP contribution in [0.3, 0.4) is 0 Å². The van der Waals surface area contributed by atoms with Crippen molar-refractivity contribution in [2.75, 3.05) is 0 Å². The summed E-state index contributed by atoms with van der Waals surface area (Å²) in [7, 11) is 0. The van der Waals surface area contributed by atoms with E-state index in [1.165, 1.54) is 0 Å². The molecule has 1 unspecified atom stereocenters. The van der Waals surface area contributed by atoms with Gasteiger partial charge in [-0.2, -0.15) is 0 Å². The van der Waals surface area contributed by atoms with Gasteiger partial charge in [-0.15, -0.1) is 0 Å². The number of carboxylic acid groups (broad SMARTS) is 1. The number of hydrogen-bond acceptors (Lipinski definition) is 3. The summed E-state index contributed by atoms with van der Waals surface area (Å²) in [6.07, 6.45) is 52.6. The Morgan fingerprint density at radius 3 is 1.39 bits per heavy atom. The van der Waals surface area contributed by atoms with Gasteiger partial charge in [0.05, 0.1) is 0 Å². The lowest BCUT2D eigenvalue weighted by molar-refractivity contribution is -0.147. The fraction of sp³-hybridized carbons (Fsp3) is 0.500. The lowest BCUT2D eigenvalue weighted by atomic mass is 10.1. The van der Waals surface area contributed by atoms with Gasteiger partial charge in [0.2, 0.25) is 0 Å². The largest absolute Gasteiger partial charge is 0.481 e. The quantitative estimate of drug-likeness (QED) is 0.0548. The van der Waals surface area contributed by atoms with Gasteiger partial charge in [-0.05, 0) is 89.5 Å². The van der Waals surface area contributed by atoms with Crippen LogP contribution >= 0.6 is 0 Å². The van der Waals surface area contributed by atoms with Crippen LogP contribution in [0.25, 0.3) is 0 Å². The highest BCUT2D eigenvalue weighted by Crippen LogP contribution is 2.13. The fourth-order valence-corrected chi connectivity index (χ4v) is 4.08. The Morgan fingerprint density at radius 1 is 0.523 bits per heavy atom. The zero-order valence-corrected chi connectivity index (χ0v) is 27.7. The Hall–Kier alpha value is -3.40. The lowest BCUT2D eigenvalue weighted by Crippen LogP contribution is -2.16. The molecule has 0 bridgehead atoms. The van der Waals surface area contributed by atoms with Crippen LogP contribution in [0, 0.1) is 0 Å². The summed E-state index contributed by atoms with van der Waals surface area (Å²) in [5.41, 5.74) is 0. The van der Waals surface area contributed by atoms with Crippen LogP contribution in [0.15, 0.2) is 109 Å². The Bertz CT molecular complexity index is 956. The molecule has 0 saturated carbocycles. The van der Waals surface area contributed by atoms with E-state index in [9.17, 15) is 9.59 Å². The summed E-state index contributed by atoms with van der Waals surface area (Å²) < 4.78 is 5.77. The van der Waals surface area contributed by atoms with E-state index < -0.39 is 5.97 Å². The summed E-state index contributed by atoms with van der Waals surface area (Å²) in [4.78, 5) is 23.2. The van der Waals surface area contributed by atoms with Gasteiger partial charge < -0.3 is 9.84 Å². The number of esters is 1. The first-order valence-corrected chi connectivity index (χ1v) is 16.9. The maximum Gasteiger partial charge on any atom is 0.306 e. The van der Waals surface area contributed by atoms with Crippen molar-refractivity contribution in [1.29, 1.82) is 0 Å². The van der Waals surface area contributed by atoms with Crippen molar-refractivity contribution < 1.29 is 19.4 Å². The van der Waals surface area contributed by atoms with E-state index in [2.05, 4.69) is 111 Å². The molecular formula is C40H60O4. The van der Waals surface area contributed by atoms with Crippen LogP contribution < -0.4 is 0 Å². The van der Waals surface area contributed by atoms with Crippen molar-refractivity contribution in [3.63, 3.8) is 0 Å². The summed E-state index contributed by atoms with van der Waals surface area (Å²) in [5.74, 6) is -0.921. The summed E-state index contributed by atoms with van der Waals surface area (Å²) in [5, 5.41) is 8.79. The Balaban J connectivity index is 4.26. The summed E-state index contributed by atoms with van der Waals surface area (Å²) in [6, 6.07) is 0. The predicted octanol–water partition coefficient (Wildman–Crippen LogP) is 11.7. The maximum atomic E-state index is 12.5. The van der Waals surface area contributed by atoms with Crippen LogP contribution in [0.5, 0.6) is 0 Å². The molecule has 1 atom stereocenters. The number of carbonyl (C=O) groups excluding carboxylic acids is 1. The topological polar surface area (TPSA) is 63.6 Å². The Kier molecular flexibility index (Phi) is 31.5. The average molecular weight is 605 g/mol. The number of carbonyl (C=O) groups is 2. The van der Waals surface area contributed by atoms with Crippen LogP contribution in [-0.4, -0.2) is 23.1 Å². The molecule has 0 aromatic heterocycles. The second-order valence-electron chi connectivity index (χ2n) is 10.6. The zero-order chi connectivity index (χ0) is 32.2. The Labute approximate surface area is 269 Å². The van der Waals surface area contributed by atoms with Crippen molar-refractivity contribution in [2.24, 2.45) is 0 Å². The van der Waals surface area contributed by atoms with Gasteiger partial charge in [-0.3, -0.25) is 9.59 Å². The monoisotopic (exact) mass is 604 g/mol. The van der Waals surface area contributed by atoms with Gasteiger partial charge in [-0.1, -0.05) is 130 Å². The summed E-state index contributed by atoms with van der Waals surface area (Å²) in [6.45, 7) is 4.28. The lowest BCUT2D eigenvalue weighted by Gasteiger charge is -2.14. The molecule has 0 radical (unpaired) electrons. The van der Waals surface area contributed by atoms with E-state index >= 15 is 0 Å². The standard InChI is InChI=1S/C40H60O4/c1-3-5-7-9-11-13-14-15-16-17-18-19-20-21-22-23-25-27-33-37-40(43)44-38(35-31-28-29-32-36-39(41)42)34-30-26-24-12-10-8-6-4-2/h5-8,11-13,15-16,18-19,21-22,24-25,27,30,34,38H,3-4,9-10,14,17,20,23,26,28-29,31-33,35-37H2,1-2H3,(H,41,42)/b7-5-,8-6-,13-11-,16-15-,19-18-,22-21-,24-12-,27-25-,34-30-. The molecule has 0 aliphatic carbocycles. The average Bonchev–Trinajstić information content (AvgIpc) is 3.01. The third kappa shape index (κ3) is 33.1. The highest BCUT2D eigenvalue weighted by atomic mass is 16.5. The smallest absolute Gasteiger partial charge is 0.306 e. The van der Waals surface area contributed by atoms with Gasteiger partial charge in [-0.25, -0.2) is 0 Å². The predicted molar refractivity (Wildman–Crippen MR) is 190 cm³/mol. The third-order valence-corrected chi connectivity index (χ3v) is 6.49. The maximum absolute atomic E-state index is 12.5. The molecule has 1 N–H and O–H groups in total. The number of ether oxygens (including phenoxy) is 1. The van der Waals surface area contributed by atoms with Gasteiger partial charge in [0, 0.05) is 12.8 Å². The minimum atomic E-state index is -0.745. The molecule has 0 heterocycles.